The lowest BCUT2D eigenvalue weighted by Gasteiger charge is -2.19. The summed E-state index contributed by atoms with van der Waals surface area (Å²) in [5.41, 5.74) is 3.99. The minimum absolute atomic E-state index is 0.558. The predicted molar refractivity (Wildman–Crippen MR) is 68.3 cm³/mol. The van der Waals surface area contributed by atoms with E-state index in [1.807, 2.05) is 0 Å². The Morgan fingerprint density at radius 2 is 2.18 bits per heavy atom. The molecule has 0 spiro atoms. The Morgan fingerprint density at radius 3 is 3.00 bits per heavy atom. The van der Waals surface area contributed by atoms with Crippen molar-refractivity contribution in [3.05, 3.63) is 41.5 Å². The molecule has 1 aliphatic rings. The van der Waals surface area contributed by atoms with E-state index >= 15 is 0 Å². The molecule has 0 saturated carbocycles. The Hall–Kier alpha value is -1.77. The zero-order chi connectivity index (χ0) is 12.1. The highest BCUT2D eigenvalue weighted by atomic mass is 16.4. The monoisotopic (exact) mass is 231 g/mol. The maximum absolute atomic E-state index is 10.3. The Kier molecular flexibility index (Phi) is 3.81. The molecule has 0 atom stereocenters. The summed E-state index contributed by atoms with van der Waals surface area (Å²) in [6.07, 6.45) is 7.61. The van der Waals surface area contributed by atoms with E-state index < -0.39 is 5.97 Å². The first-order valence-electron chi connectivity index (χ1n) is 6.01. The molecule has 2 rings (SSSR count). The Balaban J connectivity index is 2.03. The van der Waals surface area contributed by atoms with Crippen LogP contribution in [0.1, 0.15) is 24.0 Å². The minimum atomic E-state index is -0.901. The van der Waals surface area contributed by atoms with Crippen molar-refractivity contribution >= 4 is 11.7 Å². The number of carboxylic acids is 1. The van der Waals surface area contributed by atoms with E-state index in [0.29, 0.717) is 6.54 Å². The summed E-state index contributed by atoms with van der Waals surface area (Å²) in [6, 6.07) is 6.32. The summed E-state index contributed by atoms with van der Waals surface area (Å²) in [6.45, 7) is 0.558. The SMILES string of the molecule is O=C(O)/C=C/CNc1cccc2c1CCCC2. The standard InChI is InChI=1S/C14H17NO2/c16-14(17)9-4-10-15-13-8-3-6-11-5-1-2-7-12(11)13/h3-4,6,8-9,15H,1-2,5,7,10H2,(H,16,17)/b9-4+. The van der Waals surface area contributed by atoms with Crippen molar-refractivity contribution in [1.82, 2.24) is 0 Å². The summed E-state index contributed by atoms with van der Waals surface area (Å²) < 4.78 is 0. The summed E-state index contributed by atoms with van der Waals surface area (Å²) in [5.74, 6) is -0.901. The van der Waals surface area contributed by atoms with Crippen LogP contribution in [0.2, 0.25) is 0 Å². The van der Waals surface area contributed by atoms with Crippen molar-refractivity contribution in [3.8, 4) is 0 Å². The van der Waals surface area contributed by atoms with Gasteiger partial charge in [-0.05, 0) is 42.9 Å². The molecule has 1 aromatic rings. The highest BCUT2D eigenvalue weighted by molar-refractivity contribution is 5.79. The third-order valence-electron chi connectivity index (χ3n) is 3.07. The van der Waals surface area contributed by atoms with Gasteiger partial charge in [0.25, 0.3) is 0 Å². The third-order valence-corrected chi connectivity index (χ3v) is 3.07. The third kappa shape index (κ3) is 3.09. The van der Waals surface area contributed by atoms with E-state index in [9.17, 15) is 4.79 Å². The van der Waals surface area contributed by atoms with E-state index in [1.165, 1.54) is 30.0 Å². The van der Waals surface area contributed by atoms with Gasteiger partial charge in [-0.15, -0.1) is 0 Å². The molecule has 17 heavy (non-hydrogen) atoms. The fourth-order valence-electron chi connectivity index (χ4n) is 2.28. The second-order valence-corrected chi connectivity index (χ2v) is 4.27. The van der Waals surface area contributed by atoms with Gasteiger partial charge in [0.1, 0.15) is 0 Å². The number of aryl methyl sites for hydroxylation is 1. The fourth-order valence-corrected chi connectivity index (χ4v) is 2.28. The molecule has 1 aromatic carbocycles. The highest BCUT2D eigenvalue weighted by Gasteiger charge is 2.11. The van der Waals surface area contributed by atoms with E-state index in [4.69, 9.17) is 5.11 Å². The van der Waals surface area contributed by atoms with Gasteiger partial charge in [-0.1, -0.05) is 18.2 Å². The molecule has 0 amide bonds. The number of hydrogen-bond donors (Lipinski definition) is 2. The van der Waals surface area contributed by atoms with Crippen LogP contribution in [0.3, 0.4) is 0 Å². The number of aliphatic carboxylic acids is 1. The molecule has 0 saturated heterocycles. The number of benzene rings is 1. The first-order chi connectivity index (χ1) is 8.27. The highest BCUT2D eigenvalue weighted by Crippen LogP contribution is 2.27. The maximum atomic E-state index is 10.3. The van der Waals surface area contributed by atoms with Crippen molar-refractivity contribution in [2.45, 2.75) is 25.7 Å². The molecule has 0 aliphatic heterocycles. The van der Waals surface area contributed by atoms with E-state index in [2.05, 4.69) is 23.5 Å². The lowest BCUT2D eigenvalue weighted by Crippen LogP contribution is -2.08. The Labute approximate surface area is 101 Å². The number of hydrogen-bond acceptors (Lipinski definition) is 2. The molecular weight excluding hydrogens is 214 g/mol. The molecule has 3 nitrogen and oxygen atoms in total. The van der Waals surface area contributed by atoms with E-state index in [1.54, 1.807) is 6.08 Å². The second kappa shape index (κ2) is 5.53. The molecule has 1 aliphatic carbocycles. The van der Waals surface area contributed by atoms with Crippen LogP contribution in [0.15, 0.2) is 30.4 Å². The predicted octanol–water partition coefficient (Wildman–Crippen LogP) is 2.62. The quantitative estimate of drug-likeness (QED) is 0.783. The topological polar surface area (TPSA) is 49.3 Å². The van der Waals surface area contributed by atoms with Gasteiger partial charge in [0.15, 0.2) is 0 Å². The van der Waals surface area contributed by atoms with Crippen LogP contribution in [-0.2, 0) is 17.6 Å². The molecule has 2 N–H and O–H groups in total. The van der Waals surface area contributed by atoms with Crippen LogP contribution in [0.5, 0.6) is 0 Å². The van der Waals surface area contributed by atoms with Crippen molar-refractivity contribution in [1.29, 1.82) is 0 Å². The number of rotatable bonds is 4. The van der Waals surface area contributed by atoms with Gasteiger partial charge in [0.2, 0.25) is 0 Å². The van der Waals surface area contributed by atoms with Crippen molar-refractivity contribution in [3.63, 3.8) is 0 Å². The van der Waals surface area contributed by atoms with Crippen LogP contribution in [0.4, 0.5) is 5.69 Å². The fraction of sp³-hybridized carbons (Fsp3) is 0.357. The zero-order valence-corrected chi connectivity index (χ0v) is 9.78. The summed E-state index contributed by atoms with van der Waals surface area (Å²) in [7, 11) is 0. The first-order valence-corrected chi connectivity index (χ1v) is 6.01. The lowest BCUT2D eigenvalue weighted by molar-refractivity contribution is -0.131. The first kappa shape index (κ1) is 11.7. The number of fused-ring (bicyclic) bond motifs is 1. The average Bonchev–Trinajstić information content (AvgIpc) is 2.34. The molecule has 0 fully saturated rings. The van der Waals surface area contributed by atoms with Crippen LogP contribution in [0, 0.1) is 0 Å². The van der Waals surface area contributed by atoms with Crippen molar-refractivity contribution in [2.75, 3.05) is 11.9 Å². The number of carbonyl (C=O) groups is 1. The normalized spacial score (nSPS) is 14.6. The van der Waals surface area contributed by atoms with Gasteiger partial charge in [-0.25, -0.2) is 4.79 Å². The Bertz CT molecular complexity index is 438. The smallest absolute Gasteiger partial charge is 0.328 e. The molecule has 0 bridgehead atoms. The molecule has 0 aromatic heterocycles. The van der Waals surface area contributed by atoms with E-state index in [-0.39, 0.29) is 0 Å². The molecule has 0 unspecified atom stereocenters. The molecule has 0 radical (unpaired) electrons. The molecular formula is C14H17NO2. The summed E-state index contributed by atoms with van der Waals surface area (Å²) >= 11 is 0. The minimum Gasteiger partial charge on any atom is -0.478 e. The molecule has 90 valence electrons. The molecule has 0 heterocycles. The van der Waals surface area contributed by atoms with Crippen LogP contribution >= 0.6 is 0 Å². The van der Waals surface area contributed by atoms with Gasteiger partial charge < -0.3 is 10.4 Å². The molecule has 3 heteroatoms. The zero-order valence-electron chi connectivity index (χ0n) is 9.78. The van der Waals surface area contributed by atoms with E-state index in [0.717, 1.165) is 18.5 Å². The largest absolute Gasteiger partial charge is 0.478 e. The van der Waals surface area contributed by atoms with Crippen molar-refractivity contribution in [2.24, 2.45) is 0 Å². The number of anilines is 1. The number of nitrogens with one attached hydrogen (secondary N) is 1. The van der Waals surface area contributed by atoms with Crippen LogP contribution in [0.25, 0.3) is 0 Å². The van der Waals surface area contributed by atoms with Crippen LogP contribution in [-0.4, -0.2) is 17.6 Å². The van der Waals surface area contributed by atoms with Crippen LogP contribution < -0.4 is 5.32 Å². The lowest BCUT2D eigenvalue weighted by atomic mass is 9.90. The Morgan fingerprint density at radius 1 is 1.35 bits per heavy atom. The maximum Gasteiger partial charge on any atom is 0.328 e. The van der Waals surface area contributed by atoms with Gasteiger partial charge in [-0.3, -0.25) is 0 Å². The van der Waals surface area contributed by atoms with Crippen molar-refractivity contribution < 1.29 is 9.90 Å². The van der Waals surface area contributed by atoms with Gasteiger partial charge >= 0.3 is 5.97 Å². The van der Waals surface area contributed by atoms with Gasteiger partial charge in [0, 0.05) is 18.3 Å². The summed E-state index contributed by atoms with van der Waals surface area (Å²) in [5, 5.41) is 11.8. The summed E-state index contributed by atoms with van der Waals surface area (Å²) in [4.78, 5) is 10.3. The van der Waals surface area contributed by atoms with Gasteiger partial charge in [-0.2, -0.15) is 0 Å². The number of carboxylic acid groups (broad SMARTS) is 1. The van der Waals surface area contributed by atoms with Gasteiger partial charge in [0.05, 0.1) is 0 Å². The second-order valence-electron chi connectivity index (χ2n) is 4.27. The average molecular weight is 231 g/mol.